The number of phenols is 2. The molecular weight excluding hydrogens is 343 g/mol. The molecule has 0 saturated heterocycles. The summed E-state index contributed by atoms with van der Waals surface area (Å²) in [7, 11) is 0. The highest BCUT2D eigenvalue weighted by Crippen LogP contribution is 2.31. The summed E-state index contributed by atoms with van der Waals surface area (Å²) in [6.45, 7) is 0. The molecule has 3 rings (SSSR count). The summed E-state index contributed by atoms with van der Waals surface area (Å²) in [5, 5.41) is 22.7. The van der Waals surface area contributed by atoms with Gasteiger partial charge < -0.3 is 14.7 Å². The zero-order chi connectivity index (χ0) is 15.0. The highest BCUT2D eigenvalue weighted by molar-refractivity contribution is 9.10. The summed E-state index contributed by atoms with van der Waals surface area (Å²) < 4.78 is 19.0. The second-order valence-corrected chi connectivity index (χ2v) is 5.14. The molecule has 0 unspecified atom stereocenters. The van der Waals surface area contributed by atoms with E-state index < -0.39 is 5.82 Å². The van der Waals surface area contributed by atoms with Crippen LogP contribution in [0.25, 0.3) is 22.8 Å². The highest BCUT2D eigenvalue weighted by Gasteiger charge is 2.15. The van der Waals surface area contributed by atoms with Crippen LogP contribution in [0, 0.1) is 5.82 Å². The van der Waals surface area contributed by atoms with Crippen molar-refractivity contribution in [3.05, 3.63) is 46.7 Å². The molecule has 2 N–H and O–H groups in total. The van der Waals surface area contributed by atoms with Gasteiger partial charge in [-0.25, -0.2) is 4.39 Å². The molecule has 0 spiro atoms. The maximum atomic E-state index is 13.3. The molecule has 1 aromatic heterocycles. The van der Waals surface area contributed by atoms with E-state index in [0.717, 1.165) is 0 Å². The molecule has 0 amide bonds. The Morgan fingerprint density at radius 3 is 2.48 bits per heavy atom. The molecule has 1 heterocycles. The molecule has 5 nitrogen and oxygen atoms in total. The van der Waals surface area contributed by atoms with Gasteiger partial charge in [0.15, 0.2) is 0 Å². The quantitative estimate of drug-likeness (QED) is 0.736. The van der Waals surface area contributed by atoms with Gasteiger partial charge in [0.05, 0.1) is 0 Å². The first-order valence-corrected chi connectivity index (χ1v) is 6.65. The van der Waals surface area contributed by atoms with E-state index in [1.54, 1.807) is 6.07 Å². The van der Waals surface area contributed by atoms with E-state index in [4.69, 9.17) is 4.52 Å². The van der Waals surface area contributed by atoms with Gasteiger partial charge in [-0.15, -0.1) is 0 Å². The first-order chi connectivity index (χ1) is 10.0. The average Bonchev–Trinajstić information content (AvgIpc) is 2.90. The van der Waals surface area contributed by atoms with Gasteiger partial charge in [-0.1, -0.05) is 21.1 Å². The zero-order valence-electron chi connectivity index (χ0n) is 10.4. The minimum Gasteiger partial charge on any atom is -0.508 e. The predicted octanol–water partition coefficient (Wildman–Crippen LogP) is 3.72. The summed E-state index contributed by atoms with van der Waals surface area (Å²) in [6, 6.07) is 8.06. The van der Waals surface area contributed by atoms with E-state index in [1.807, 2.05) is 0 Å². The minimum absolute atomic E-state index is 0.104. The topological polar surface area (TPSA) is 79.4 Å². The molecule has 0 aliphatic carbocycles. The molecular formula is C14H8BrFN2O3. The molecule has 0 aliphatic heterocycles. The number of halogens is 2. The van der Waals surface area contributed by atoms with Crippen LogP contribution in [-0.2, 0) is 0 Å². The first kappa shape index (κ1) is 13.6. The van der Waals surface area contributed by atoms with Crippen LogP contribution in [0.1, 0.15) is 0 Å². The summed E-state index contributed by atoms with van der Waals surface area (Å²) in [4.78, 5) is 4.14. The van der Waals surface area contributed by atoms with Crippen molar-refractivity contribution < 1.29 is 19.1 Å². The third kappa shape index (κ3) is 2.73. The van der Waals surface area contributed by atoms with Crippen LogP contribution in [0.5, 0.6) is 11.5 Å². The minimum atomic E-state index is -0.422. The van der Waals surface area contributed by atoms with Gasteiger partial charge in [0.1, 0.15) is 17.3 Å². The number of rotatable bonds is 2. The third-order valence-electron chi connectivity index (χ3n) is 2.74. The lowest BCUT2D eigenvalue weighted by atomic mass is 10.2. The van der Waals surface area contributed by atoms with Gasteiger partial charge in [-0.3, -0.25) is 0 Å². The SMILES string of the molecule is Oc1cc(O)cc(-c2nc(-c3cc(F)ccc3Br)no2)c1. The van der Waals surface area contributed by atoms with Crippen LogP contribution < -0.4 is 0 Å². The van der Waals surface area contributed by atoms with Crippen LogP contribution >= 0.6 is 15.9 Å². The van der Waals surface area contributed by atoms with Crippen LogP contribution in [-0.4, -0.2) is 20.4 Å². The fourth-order valence-corrected chi connectivity index (χ4v) is 2.26. The Kier molecular flexibility index (Phi) is 3.34. The van der Waals surface area contributed by atoms with Crippen LogP contribution in [0.3, 0.4) is 0 Å². The van der Waals surface area contributed by atoms with Crippen molar-refractivity contribution in [3.8, 4) is 34.3 Å². The molecule has 0 radical (unpaired) electrons. The van der Waals surface area contributed by atoms with Gasteiger partial charge in [-0.05, 0) is 30.3 Å². The van der Waals surface area contributed by atoms with Crippen molar-refractivity contribution in [2.75, 3.05) is 0 Å². The van der Waals surface area contributed by atoms with Gasteiger partial charge >= 0.3 is 0 Å². The summed E-state index contributed by atoms with van der Waals surface area (Å²) >= 11 is 3.29. The second-order valence-electron chi connectivity index (χ2n) is 4.29. The second kappa shape index (κ2) is 5.17. The lowest BCUT2D eigenvalue weighted by Gasteiger charge is -1.99. The maximum absolute atomic E-state index is 13.3. The predicted molar refractivity (Wildman–Crippen MR) is 76.2 cm³/mol. The third-order valence-corrected chi connectivity index (χ3v) is 3.44. The van der Waals surface area contributed by atoms with E-state index in [2.05, 4.69) is 26.1 Å². The fraction of sp³-hybridized carbons (Fsp3) is 0. The zero-order valence-corrected chi connectivity index (χ0v) is 12.0. The van der Waals surface area contributed by atoms with Crippen molar-refractivity contribution in [2.24, 2.45) is 0 Å². The monoisotopic (exact) mass is 350 g/mol. The van der Waals surface area contributed by atoms with Crippen molar-refractivity contribution in [1.82, 2.24) is 10.1 Å². The summed E-state index contributed by atoms with van der Waals surface area (Å²) in [5.41, 5.74) is 0.799. The van der Waals surface area contributed by atoms with Crippen molar-refractivity contribution in [1.29, 1.82) is 0 Å². The maximum Gasteiger partial charge on any atom is 0.258 e. The molecule has 7 heteroatoms. The highest BCUT2D eigenvalue weighted by atomic mass is 79.9. The van der Waals surface area contributed by atoms with Crippen molar-refractivity contribution in [3.63, 3.8) is 0 Å². The molecule has 2 aromatic carbocycles. The molecule has 21 heavy (non-hydrogen) atoms. The Bertz CT molecular complexity index is 799. The Morgan fingerprint density at radius 1 is 1.05 bits per heavy atom. The van der Waals surface area contributed by atoms with Crippen molar-refractivity contribution in [2.45, 2.75) is 0 Å². The van der Waals surface area contributed by atoms with Gasteiger partial charge in [0.2, 0.25) is 5.82 Å². The first-order valence-electron chi connectivity index (χ1n) is 5.85. The average molecular weight is 351 g/mol. The molecule has 106 valence electrons. The Balaban J connectivity index is 2.05. The fourth-order valence-electron chi connectivity index (χ4n) is 1.84. The van der Waals surface area contributed by atoms with E-state index >= 15 is 0 Å². The van der Waals surface area contributed by atoms with Gasteiger partial charge in [0.25, 0.3) is 5.89 Å². The van der Waals surface area contributed by atoms with E-state index in [-0.39, 0.29) is 23.2 Å². The molecule has 0 fully saturated rings. The van der Waals surface area contributed by atoms with Gasteiger partial charge in [-0.2, -0.15) is 4.98 Å². The number of benzene rings is 2. The Labute approximate surface area is 126 Å². The van der Waals surface area contributed by atoms with Crippen molar-refractivity contribution >= 4 is 15.9 Å². The van der Waals surface area contributed by atoms with Gasteiger partial charge in [0, 0.05) is 21.7 Å². The number of hydrogen-bond donors (Lipinski definition) is 2. The smallest absolute Gasteiger partial charge is 0.258 e. The van der Waals surface area contributed by atoms with E-state index in [9.17, 15) is 14.6 Å². The van der Waals surface area contributed by atoms with E-state index in [1.165, 1.54) is 30.3 Å². The van der Waals surface area contributed by atoms with E-state index in [0.29, 0.717) is 15.6 Å². The lowest BCUT2D eigenvalue weighted by molar-refractivity contribution is 0.428. The standard InChI is InChI=1S/C14H8BrFN2O3/c15-12-2-1-8(16)5-11(12)13-17-14(21-18-13)7-3-9(19)6-10(20)4-7/h1-6,19-20H. The molecule has 0 saturated carbocycles. The summed E-state index contributed by atoms with van der Waals surface area (Å²) in [6.07, 6.45) is 0. The Morgan fingerprint density at radius 2 is 1.76 bits per heavy atom. The van der Waals surface area contributed by atoms with Crippen LogP contribution in [0.15, 0.2) is 45.4 Å². The number of nitrogens with zero attached hydrogens (tertiary/aromatic N) is 2. The normalized spacial score (nSPS) is 10.8. The van der Waals surface area contributed by atoms with Crippen LogP contribution in [0.2, 0.25) is 0 Å². The summed E-state index contributed by atoms with van der Waals surface area (Å²) in [5.74, 6) is -0.380. The number of aromatic hydroxyl groups is 2. The number of aromatic nitrogens is 2. The molecule has 0 atom stereocenters. The number of phenolic OH excluding ortho intramolecular Hbond substituents is 2. The van der Waals surface area contributed by atoms with Crippen LogP contribution in [0.4, 0.5) is 4.39 Å². The lowest BCUT2D eigenvalue weighted by Crippen LogP contribution is -1.85. The molecule has 3 aromatic rings. The Hall–Kier alpha value is -2.41. The molecule has 0 aliphatic rings. The number of hydrogen-bond acceptors (Lipinski definition) is 5. The molecule has 0 bridgehead atoms. The largest absolute Gasteiger partial charge is 0.508 e.